The third-order valence-electron chi connectivity index (χ3n) is 5.04. The summed E-state index contributed by atoms with van der Waals surface area (Å²) >= 11 is 0. The molecule has 4 heterocycles. The maximum Gasteiger partial charge on any atom is 0.437 e. The number of nitrogens with zero attached hydrogens (tertiary/aromatic N) is 5. The van der Waals surface area contributed by atoms with Crippen molar-refractivity contribution in [3.05, 3.63) is 66.1 Å². The predicted octanol–water partition coefficient (Wildman–Crippen LogP) is 4.06. The van der Waals surface area contributed by atoms with Crippen LogP contribution in [0.5, 0.6) is 5.75 Å². The Kier molecular flexibility index (Phi) is 4.45. The van der Waals surface area contributed by atoms with Gasteiger partial charge >= 0.3 is 6.18 Å². The smallest absolute Gasteiger partial charge is 0.437 e. The van der Waals surface area contributed by atoms with E-state index in [1.807, 2.05) is 15.8 Å². The van der Waals surface area contributed by atoms with E-state index in [0.29, 0.717) is 24.5 Å². The van der Waals surface area contributed by atoms with Gasteiger partial charge in [0, 0.05) is 36.0 Å². The number of hydrogen-bond donors (Lipinski definition) is 1. The van der Waals surface area contributed by atoms with Crippen LogP contribution in [0.25, 0.3) is 22.6 Å². The second-order valence-corrected chi connectivity index (χ2v) is 7.07. The van der Waals surface area contributed by atoms with Crippen molar-refractivity contribution in [2.75, 3.05) is 6.61 Å². The Labute approximate surface area is 172 Å². The first-order valence-corrected chi connectivity index (χ1v) is 9.28. The molecule has 4 aromatic rings. The molecule has 1 atom stereocenters. The minimum Gasteiger partial charge on any atom is -0.489 e. The number of para-hydroxylation sites is 1. The van der Waals surface area contributed by atoms with Gasteiger partial charge in [-0.3, -0.25) is 4.98 Å². The number of hydrogen-bond acceptors (Lipinski definition) is 5. The molecule has 7 nitrogen and oxygen atoms in total. The van der Waals surface area contributed by atoms with Crippen LogP contribution in [0.4, 0.5) is 17.6 Å². The van der Waals surface area contributed by atoms with E-state index in [-0.39, 0.29) is 22.9 Å². The lowest BCUT2D eigenvalue weighted by atomic mass is 10.0. The molecule has 1 N–H and O–H groups in total. The van der Waals surface area contributed by atoms with Crippen molar-refractivity contribution in [1.82, 2.24) is 29.9 Å². The molecule has 0 amide bonds. The van der Waals surface area contributed by atoms with E-state index in [1.165, 1.54) is 24.4 Å². The van der Waals surface area contributed by atoms with Gasteiger partial charge in [0.1, 0.15) is 11.4 Å². The van der Waals surface area contributed by atoms with Crippen molar-refractivity contribution >= 4 is 0 Å². The fourth-order valence-corrected chi connectivity index (χ4v) is 3.62. The van der Waals surface area contributed by atoms with E-state index in [2.05, 4.69) is 20.2 Å². The summed E-state index contributed by atoms with van der Waals surface area (Å²) in [5, 5.41) is 8.87. The molecule has 11 heteroatoms. The summed E-state index contributed by atoms with van der Waals surface area (Å²) in [7, 11) is 0. The molecule has 3 aromatic heterocycles. The molecule has 158 valence electrons. The van der Waals surface area contributed by atoms with Gasteiger partial charge < -0.3 is 9.30 Å². The van der Waals surface area contributed by atoms with Crippen LogP contribution in [0, 0.1) is 5.82 Å². The molecule has 0 saturated heterocycles. The molecule has 0 unspecified atom stereocenters. The zero-order valence-electron chi connectivity index (χ0n) is 15.8. The molecule has 0 aliphatic carbocycles. The second kappa shape index (κ2) is 7.18. The Morgan fingerprint density at radius 1 is 1.13 bits per heavy atom. The minimum absolute atomic E-state index is 0.0449. The second-order valence-electron chi connectivity index (χ2n) is 7.07. The van der Waals surface area contributed by atoms with E-state index in [4.69, 9.17) is 4.74 Å². The molecule has 1 aromatic carbocycles. The van der Waals surface area contributed by atoms with Crippen molar-refractivity contribution in [1.29, 1.82) is 0 Å². The van der Waals surface area contributed by atoms with E-state index in [9.17, 15) is 17.6 Å². The van der Waals surface area contributed by atoms with Gasteiger partial charge in [-0.15, -0.1) is 0 Å². The molecular weight excluding hydrogens is 416 g/mol. The molecular formula is C20H14F4N6O. The number of halogens is 4. The zero-order valence-corrected chi connectivity index (χ0v) is 15.8. The first kappa shape index (κ1) is 19.2. The average Bonchev–Trinajstić information content (AvgIpc) is 3.48. The van der Waals surface area contributed by atoms with Gasteiger partial charge in [0.2, 0.25) is 0 Å². The number of fused-ring (bicyclic) bond motifs is 1. The average molecular weight is 430 g/mol. The number of pyridine rings is 1. The number of benzene rings is 1. The maximum atomic E-state index is 13.9. The summed E-state index contributed by atoms with van der Waals surface area (Å²) in [6.45, 7) is 0.856. The highest BCUT2D eigenvalue weighted by atomic mass is 19.4. The van der Waals surface area contributed by atoms with Gasteiger partial charge in [0.25, 0.3) is 0 Å². The Balaban J connectivity index is 1.40. The molecule has 0 bridgehead atoms. The number of aromatic nitrogens is 6. The van der Waals surface area contributed by atoms with Crippen LogP contribution in [0.1, 0.15) is 17.2 Å². The molecule has 1 aliphatic heterocycles. The van der Waals surface area contributed by atoms with Gasteiger partial charge in [-0.05, 0) is 18.2 Å². The van der Waals surface area contributed by atoms with Gasteiger partial charge in [-0.2, -0.15) is 28.6 Å². The summed E-state index contributed by atoms with van der Waals surface area (Å²) in [5.74, 6) is -0.162. The first-order valence-electron chi connectivity index (χ1n) is 9.28. The number of H-pyrrole nitrogens is 1. The van der Waals surface area contributed by atoms with Crippen molar-refractivity contribution < 1.29 is 22.3 Å². The fourth-order valence-electron chi connectivity index (χ4n) is 3.62. The van der Waals surface area contributed by atoms with Crippen LogP contribution in [0.2, 0.25) is 0 Å². The number of ether oxygens (including phenoxy) is 1. The highest BCUT2D eigenvalue weighted by molar-refractivity contribution is 5.67. The Morgan fingerprint density at radius 2 is 2.00 bits per heavy atom. The molecule has 31 heavy (non-hydrogen) atoms. The summed E-state index contributed by atoms with van der Waals surface area (Å²) in [6, 6.07) is 7.73. The number of rotatable bonds is 4. The van der Waals surface area contributed by atoms with Gasteiger partial charge in [-0.25, -0.2) is 9.37 Å². The van der Waals surface area contributed by atoms with Gasteiger partial charge in [-0.1, -0.05) is 12.1 Å². The molecule has 1 aliphatic rings. The Morgan fingerprint density at radius 3 is 2.84 bits per heavy atom. The van der Waals surface area contributed by atoms with Gasteiger partial charge in [0.15, 0.2) is 17.3 Å². The standard InChI is InChI=1S/C20H14F4N6O/c21-14-3-1-2-13-12(9-31-18(13)14)7-30-8-16(26-10-30)15-6-11(4-5-25-15)17-19(20(22,23)24)28-29-27-17/h1-6,8,10,12H,7,9H2,(H,27,28,29)/t12-/m0/s1. The molecule has 0 saturated carbocycles. The lowest BCUT2D eigenvalue weighted by Crippen LogP contribution is -2.09. The lowest BCUT2D eigenvalue weighted by molar-refractivity contribution is -0.140. The van der Waals surface area contributed by atoms with E-state index >= 15 is 0 Å². The van der Waals surface area contributed by atoms with Crippen LogP contribution in [0.15, 0.2) is 49.1 Å². The lowest BCUT2D eigenvalue weighted by Gasteiger charge is -2.09. The normalized spacial score (nSPS) is 15.7. The van der Waals surface area contributed by atoms with Gasteiger partial charge in [0.05, 0.1) is 18.6 Å². The highest BCUT2D eigenvalue weighted by Gasteiger charge is 2.38. The SMILES string of the molecule is Fc1cccc2c1OC[C@@H]2Cn1cnc(-c2cc(-c3n[nH]nc3C(F)(F)F)ccn2)c1. The predicted molar refractivity (Wildman–Crippen MR) is 100 cm³/mol. The van der Waals surface area contributed by atoms with Crippen LogP contribution >= 0.6 is 0 Å². The monoisotopic (exact) mass is 430 g/mol. The third-order valence-corrected chi connectivity index (χ3v) is 5.04. The van der Waals surface area contributed by atoms with Crippen molar-refractivity contribution in [3.63, 3.8) is 0 Å². The van der Waals surface area contributed by atoms with Crippen LogP contribution < -0.4 is 4.74 Å². The number of aromatic amines is 1. The minimum atomic E-state index is -4.63. The maximum absolute atomic E-state index is 13.9. The zero-order chi connectivity index (χ0) is 21.6. The highest BCUT2D eigenvalue weighted by Crippen LogP contribution is 2.37. The number of nitrogens with one attached hydrogen (secondary N) is 1. The number of imidazole rings is 1. The quantitative estimate of drug-likeness (QED) is 0.494. The van der Waals surface area contributed by atoms with Crippen molar-refractivity contribution in [3.8, 4) is 28.4 Å². The van der Waals surface area contributed by atoms with E-state index in [0.717, 1.165) is 5.56 Å². The summed E-state index contributed by atoms with van der Waals surface area (Å²) in [5.41, 5.74) is 0.480. The Bertz CT molecular complexity index is 1250. The topological polar surface area (TPSA) is 81.5 Å². The summed E-state index contributed by atoms with van der Waals surface area (Å²) in [4.78, 5) is 8.53. The largest absolute Gasteiger partial charge is 0.489 e. The summed E-state index contributed by atoms with van der Waals surface area (Å²) in [6.07, 6.45) is 0.0872. The molecule has 5 rings (SSSR count). The number of alkyl halides is 3. The van der Waals surface area contributed by atoms with E-state index in [1.54, 1.807) is 18.6 Å². The first-order chi connectivity index (χ1) is 14.9. The molecule has 0 radical (unpaired) electrons. The van der Waals surface area contributed by atoms with Crippen LogP contribution in [-0.2, 0) is 12.7 Å². The van der Waals surface area contributed by atoms with Crippen molar-refractivity contribution in [2.24, 2.45) is 0 Å². The fraction of sp³-hybridized carbons (Fsp3) is 0.200. The third kappa shape index (κ3) is 3.51. The van der Waals surface area contributed by atoms with Crippen LogP contribution in [-0.4, -0.2) is 36.6 Å². The summed E-state index contributed by atoms with van der Waals surface area (Å²) < 4.78 is 60.5. The van der Waals surface area contributed by atoms with Crippen molar-refractivity contribution in [2.45, 2.75) is 18.6 Å². The molecule has 0 fully saturated rings. The van der Waals surface area contributed by atoms with Crippen LogP contribution in [0.3, 0.4) is 0 Å². The molecule has 0 spiro atoms. The Hall–Kier alpha value is -3.76. The van der Waals surface area contributed by atoms with E-state index < -0.39 is 17.7 Å².